The summed E-state index contributed by atoms with van der Waals surface area (Å²) >= 11 is 3.41. The fourth-order valence-corrected chi connectivity index (χ4v) is 1.89. The van der Waals surface area contributed by atoms with Gasteiger partial charge in [0, 0.05) is 6.20 Å². The first kappa shape index (κ1) is 13.6. The van der Waals surface area contributed by atoms with Crippen molar-refractivity contribution in [1.29, 1.82) is 0 Å². The highest BCUT2D eigenvalue weighted by Crippen LogP contribution is 2.24. The maximum Gasteiger partial charge on any atom is 0.269 e. The van der Waals surface area contributed by atoms with E-state index in [1.54, 1.807) is 6.07 Å². The molecule has 5 nitrogen and oxygen atoms in total. The number of benzene rings is 1. The zero-order chi connectivity index (χ0) is 13.7. The van der Waals surface area contributed by atoms with Crippen molar-refractivity contribution in [1.82, 2.24) is 15.5 Å². The quantitative estimate of drug-likeness (QED) is 0.887. The number of nitrogens with zero attached hydrogens (tertiary/aromatic N) is 1. The maximum atomic E-state index is 11.7. The second-order valence-corrected chi connectivity index (χ2v) is 4.89. The normalized spacial score (nSPS) is 11.9. The predicted molar refractivity (Wildman–Crippen MR) is 75.2 cm³/mol. The van der Waals surface area contributed by atoms with Crippen LogP contribution in [0.25, 0.3) is 0 Å². The zero-order valence-electron chi connectivity index (χ0n) is 10.4. The van der Waals surface area contributed by atoms with Crippen molar-refractivity contribution in [3.05, 3.63) is 46.7 Å². The second-order valence-electron chi connectivity index (χ2n) is 4.04. The van der Waals surface area contributed by atoms with E-state index in [0.717, 1.165) is 10.2 Å². The molecule has 0 bridgehead atoms. The van der Waals surface area contributed by atoms with E-state index in [1.807, 2.05) is 31.2 Å². The minimum Gasteiger partial charge on any atom is -0.488 e. The van der Waals surface area contributed by atoms with Crippen molar-refractivity contribution < 1.29 is 9.53 Å². The summed E-state index contributed by atoms with van der Waals surface area (Å²) in [7, 11) is 0. The predicted octanol–water partition coefficient (Wildman–Crippen LogP) is 2.37. The first-order valence-electron chi connectivity index (χ1n) is 5.85. The zero-order valence-corrected chi connectivity index (χ0v) is 12.0. The summed E-state index contributed by atoms with van der Waals surface area (Å²) in [5.41, 5.74) is 0.438. The Kier molecular flexibility index (Phi) is 4.57. The Morgan fingerprint density at radius 2 is 2.26 bits per heavy atom. The number of hydrogen-bond donors (Lipinski definition) is 2. The van der Waals surface area contributed by atoms with Crippen LogP contribution in [0.5, 0.6) is 5.75 Å². The van der Waals surface area contributed by atoms with Gasteiger partial charge in [-0.05, 0) is 41.1 Å². The molecule has 0 aliphatic carbocycles. The largest absolute Gasteiger partial charge is 0.488 e. The lowest BCUT2D eigenvalue weighted by Gasteiger charge is -2.16. The molecule has 1 aromatic carbocycles. The van der Waals surface area contributed by atoms with Crippen molar-refractivity contribution in [2.45, 2.75) is 13.0 Å². The van der Waals surface area contributed by atoms with Gasteiger partial charge >= 0.3 is 0 Å². The van der Waals surface area contributed by atoms with Crippen LogP contribution in [-0.4, -0.2) is 28.8 Å². The van der Waals surface area contributed by atoms with E-state index < -0.39 is 0 Å². The number of carbonyl (C=O) groups is 1. The summed E-state index contributed by atoms with van der Waals surface area (Å²) < 4.78 is 6.62. The fourth-order valence-electron chi connectivity index (χ4n) is 1.51. The number of halogens is 1. The summed E-state index contributed by atoms with van der Waals surface area (Å²) in [6, 6.07) is 9.22. The average molecular weight is 324 g/mol. The lowest BCUT2D eigenvalue weighted by atomic mass is 10.3. The molecule has 1 aromatic heterocycles. The van der Waals surface area contributed by atoms with Gasteiger partial charge in [0.1, 0.15) is 17.5 Å². The SMILES string of the molecule is C[C@H](CNC(=O)c1ccn[nH]1)Oc1ccccc1Br. The molecule has 100 valence electrons. The Hall–Kier alpha value is -1.82. The number of hydrogen-bond acceptors (Lipinski definition) is 3. The summed E-state index contributed by atoms with van der Waals surface area (Å²) in [4.78, 5) is 11.7. The van der Waals surface area contributed by atoms with Gasteiger partial charge in [0.15, 0.2) is 0 Å². The van der Waals surface area contributed by atoms with E-state index in [9.17, 15) is 4.79 Å². The van der Waals surface area contributed by atoms with Gasteiger partial charge in [-0.1, -0.05) is 12.1 Å². The molecule has 6 heteroatoms. The summed E-state index contributed by atoms with van der Waals surface area (Å²) in [5, 5.41) is 9.11. The van der Waals surface area contributed by atoms with E-state index in [-0.39, 0.29) is 12.0 Å². The average Bonchev–Trinajstić information content (AvgIpc) is 2.93. The van der Waals surface area contributed by atoms with Crippen LogP contribution in [0.3, 0.4) is 0 Å². The molecular weight excluding hydrogens is 310 g/mol. The summed E-state index contributed by atoms with van der Waals surface area (Å²) in [5.74, 6) is 0.561. The Bertz CT molecular complexity index is 543. The number of nitrogens with one attached hydrogen (secondary N) is 2. The van der Waals surface area contributed by atoms with Crippen molar-refractivity contribution in [2.24, 2.45) is 0 Å². The molecule has 0 saturated carbocycles. The second kappa shape index (κ2) is 6.38. The number of aromatic amines is 1. The lowest BCUT2D eigenvalue weighted by Crippen LogP contribution is -2.33. The van der Waals surface area contributed by atoms with Gasteiger partial charge in [0.05, 0.1) is 11.0 Å². The Balaban J connectivity index is 1.84. The molecule has 0 aliphatic rings. The molecule has 2 rings (SSSR count). The van der Waals surface area contributed by atoms with Gasteiger partial charge in [0.2, 0.25) is 0 Å². The van der Waals surface area contributed by atoms with Crippen LogP contribution >= 0.6 is 15.9 Å². The minimum absolute atomic E-state index is 0.134. The van der Waals surface area contributed by atoms with E-state index in [1.165, 1.54) is 6.20 Å². The number of amides is 1. The monoisotopic (exact) mass is 323 g/mol. The first-order valence-corrected chi connectivity index (χ1v) is 6.65. The molecule has 0 fully saturated rings. The minimum atomic E-state index is -0.194. The number of aromatic nitrogens is 2. The number of rotatable bonds is 5. The Morgan fingerprint density at radius 1 is 1.47 bits per heavy atom. The Labute approximate surface area is 119 Å². The summed E-state index contributed by atoms with van der Waals surface area (Å²) in [6.07, 6.45) is 1.40. The molecule has 1 atom stereocenters. The van der Waals surface area contributed by atoms with E-state index in [4.69, 9.17) is 4.74 Å². The van der Waals surface area contributed by atoms with Crippen LogP contribution < -0.4 is 10.1 Å². The number of para-hydroxylation sites is 1. The molecule has 0 spiro atoms. The van der Waals surface area contributed by atoms with Crippen LogP contribution in [0.2, 0.25) is 0 Å². The third-order valence-electron chi connectivity index (χ3n) is 2.46. The van der Waals surface area contributed by atoms with E-state index in [0.29, 0.717) is 12.2 Å². The molecule has 1 heterocycles. The van der Waals surface area contributed by atoms with Crippen LogP contribution in [-0.2, 0) is 0 Å². The van der Waals surface area contributed by atoms with Crippen LogP contribution in [0, 0.1) is 0 Å². The molecule has 0 saturated heterocycles. The van der Waals surface area contributed by atoms with Crippen molar-refractivity contribution in [3.8, 4) is 5.75 Å². The topological polar surface area (TPSA) is 67.0 Å². The van der Waals surface area contributed by atoms with Gasteiger partial charge in [-0.25, -0.2) is 0 Å². The molecule has 0 unspecified atom stereocenters. The van der Waals surface area contributed by atoms with Gasteiger partial charge in [-0.3, -0.25) is 9.89 Å². The first-order chi connectivity index (χ1) is 9.16. The van der Waals surface area contributed by atoms with Crippen LogP contribution in [0.4, 0.5) is 0 Å². The van der Waals surface area contributed by atoms with Gasteiger partial charge < -0.3 is 10.1 Å². The number of carbonyl (C=O) groups excluding carboxylic acids is 1. The highest BCUT2D eigenvalue weighted by molar-refractivity contribution is 9.10. The highest BCUT2D eigenvalue weighted by atomic mass is 79.9. The van der Waals surface area contributed by atoms with Crippen molar-refractivity contribution >= 4 is 21.8 Å². The Morgan fingerprint density at radius 3 is 2.95 bits per heavy atom. The summed E-state index contributed by atoms with van der Waals surface area (Å²) in [6.45, 7) is 2.31. The van der Waals surface area contributed by atoms with E-state index in [2.05, 4.69) is 31.4 Å². The van der Waals surface area contributed by atoms with Crippen molar-refractivity contribution in [3.63, 3.8) is 0 Å². The third-order valence-corrected chi connectivity index (χ3v) is 3.12. The number of H-pyrrole nitrogens is 1. The molecular formula is C13H14BrN3O2. The molecule has 19 heavy (non-hydrogen) atoms. The molecule has 2 aromatic rings. The molecule has 0 aliphatic heterocycles. The lowest BCUT2D eigenvalue weighted by molar-refractivity contribution is 0.0927. The van der Waals surface area contributed by atoms with Gasteiger partial charge in [0.25, 0.3) is 5.91 Å². The van der Waals surface area contributed by atoms with Crippen LogP contribution in [0.1, 0.15) is 17.4 Å². The number of ether oxygens (including phenoxy) is 1. The smallest absolute Gasteiger partial charge is 0.269 e. The van der Waals surface area contributed by atoms with Gasteiger partial charge in [-0.15, -0.1) is 0 Å². The van der Waals surface area contributed by atoms with Gasteiger partial charge in [-0.2, -0.15) is 5.10 Å². The van der Waals surface area contributed by atoms with Crippen molar-refractivity contribution in [2.75, 3.05) is 6.54 Å². The fraction of sp³-hybridized carbons (Fsp3) is 0.231. The molecule has 0 radical (unpaired) electrons. The highest BCUT2D eigenvalue weighted by Gasteiger charge is 2.10. The molecule has 1 amide bonds. The van der Waals surface area contributed by atoms with Crippen LogP contribution in [0.15, 0.2) is 41.0 Å². The molecule has 2 N–H and O–H groups in total. The standard InChI is InChI=1S/C13H14BrN3O2/c1-9(19-12-5-3-2-4-10(12)14)8-15-13(18)11-6-7-16-17-11/h2-7,9H,8H2,1H3,(H,15,18)(H,16,17)/t9-/m1/s1. The third kappa shape index (κ3) is 3.82. The van der Waals surface area contributed by atoms with E-state index >= 15 is 0 Å². The maximum absolute atomic E-state index is 11.7.